The third kappa shape index (κ3) is 5.07. The van der Waals surface area contributed by atoms with Crippen LogP contribution >= 0.6 is 0 Å². The Balaban J connectivity index is 1.30. The summed E-state index contributed by atoms with van der Waals surface area (Å²) in [6.45, 7) is 1.86. The Bertz CT molecular complexity index is 1350. The van der Waals surface area contributed by atoms with Crippen molar-refractivity contribution in [2.45, 2.75) is 31.7 Å². The summed E-state index contributed by atoms with van der Waals surface area (Å²) in [5.74, 6) is -0.407. The van der Waals surface area contributed by atoms with Crippen molar-refractivity contribution >= 4 is 28.8 Å². The second-order valence-corrected chi connectivity index (χ2v) is 10.1. The lowest BCUT2D eigenvalue weighted by molar-refractivity contribution is -0.160. The molecule has 1 saturated carbocycles. The Hall–Kier alpha value is -3.59. The van der Waals surface area contributed by atoms with E-state index >= 15 is 0 Å². The van der Waals surface area contributed by atoms with Crippen LogP contribution in [0.4, 0.5) is 14.5 Å². The third-order valence-electron chi connectivity index (χ3n) is 7.97. The molecule has 2 aliphatic rings. The van der Waals surface area contributed by atoms with E-state index in [0.717, 1.165) is 54.7 Å². The van der Waals surface area contributed by atoms with Crippen LogP contribution in [0.5, 0.6) is 5.88 Å². The average molecular weight is 523 g/mol. The van der Waals surface area contributed by atoms with Crippen LogP contribution < -0.4 is 15.0 Å². The molecule has 2 aromatic heterocycles. The summed E-state index contributed by atoms with van der Waals surface area (Å²) in [4.78, 5) is 24.6. The fourth-order valence-electron chi connectivity index (χ4n) is 6.01. The number of carbonyl (C=O) groups is 1. The molecule has 0 radical (unpaired) electrons. The summed E-state index contributed by atoms with van der Waals surface area (Å²) in [7, 11) is 3.05. The zero-order valence-electron chi connectivity index (χ0n) is 21.6. The van der Waals surface area contributed by atoms with E-state index in [-0.39, 0.29) is 23.5 Å². The van der Waals surface area contributed by atoms with Gasteiger partial charge in [-0.15, -0.1) is 0 Å². The van der Waals surface area contributed by atoms with E-state index in [1.165, 1.54) is 13.2 Å². The summed E-state index contributed by atoms with van der Waals surface area (Å²) >= 11 is 0. The lowest BCUT2D eigenvalue weighted by Gasteiger charge is -2.51. The monoisotopic (exact) mass is 522 g/mol. The number of nitrogens with zero attached hydrogens (tertiary/aromatic N) is 3. The molecule has 1 aliphatic carbocycles. The van der Waals surface area contributed by atoms with Gasteiger partial charge in [-0.25, -0.2) is 13.8 Å². The van der Waals surface area contributed by atoms with Gasteiger partial charge in [-0.1, -0.05) is 12.2 Å². The first-order chi connectivity index (χ1) is 18.4. The van der Waals surface area contributed by atoms with Crippen LogP contribution in [0.25, 0.3) is 17.1 Å². The molecule has 3 aromatic rings. The highest BCUT2D eigenvalue weighted by Gasteiger charge is 2.53. The summed E-state index contributed by atoms with van der Waals surface area (Å²) < 4.78 is 38.0. The first-order valence-electron chi connectivity index (χ1n) is 12.9. The van der Waals surface area contributed by atoms with Crippen LogP contribution in [0.3, 0.4) is 0 Å². The number of fused-ring (bicyclic) bond motifs is 2. The molecule has 1 N–H and O–H groups in total. The Morgan fingerprint density at radius 2 is 2.08 bits per heavy atom. The number of hydrogen-bond donors (Lipinski definition) is 1. The van der Waals surface area contributed by atoms with Crippen molar-refractivity contribution in [2.75, 3.05) is 38.8 Å². The fraction of sp³-hybridized carbons (Fsp3) is 0.414. The molecule has 0 bridgehead atoms. The first-order valence-corrected chi connectivity index (χ1v) is 12.9. The van der Waals surface area contributed by atoms with Gasteiger partial charge in [0.2, 0.25) is 5.88 Å². The molecular formula is C29H32F2N4O3. The number of aromatic nitrogens is 2. The molecule has 0 spiro atoms. The van der Waals surface area contributed by atoms with E-state index in [2.05, 4.69) is 20.2 Å². The highest BCUT2D eigenvalue weighted by molar-refractivity contribution is 5.89. The van der Waals surface area contributed by atoms with E-state index in [4.69, 9.17) is 9.47 Å². The van der Waals surface area contributed by atoms with Gasteiger partial charge in [-0.2, -0.15) is 0 Å². The Labute approximate surface area is 220 Å². The standard InChI is InChI=1S/C29H32F2N4O3/c1-37-26-8-7-24-27(34-26)25(10-14-33-24)35-15-11-20-17-22(9-12-29(20,18-35)28(36)38-2)32-13-3-4-19-16-21(30)5-6-23(19)31/h3-8,10,14,16,20,22,32H,9,11-13,15,17-18H2,1-2H3/b4-3+. The van der Waals surface area contributed by atoms with Crippen LogP contribution in [0.1, 0.15) is 31.2 Å². The van der Waals surface area contributed by atoms with Crippen LogP contribution in [-0.2, 0) is 9.53 Å². The molecule has 3 unspecified atom stereocenters. The van der Waals surface area contributed by atoms with Crippen molar-refractivity contribution < 1.29 is 23.0 Å². The van der Waals surface area contributed by atoms with Crippen molar-refractivity contribution in [3.8, 4) is 5.88 Å². The van der Waals surface area contributed by atoms with Gasteiger partial charge in [-0.05, 0) is 61.9 Å². The number of rotatable bonds is 7. The van der Waals surface area contributed by atoms with Crippen LogP contribution in [0.15, 0.2) is 48.7 Å². The van der Waals surface area contributed by atoms with E-state index in [0.29, 0.717) is 25.4 Å². The average Bonchev–Trinajstić information content (AvgIpc) is 2.95. The SMILES string of the molecule is COC(=O)C12CCC(NC/C=C/c3cc(F)ccc3F)CC1CCN(c1ccnc3ccc(OC)nc13)C2. The quantitative estimate of drug-likeness (QED) is 0.449. The fourth-order valence-corrected chi connectivity index (χ4v) is 6.01. The highest BCUT2D eigenvalue weighted by Crippen LogP contribution is 2.48. The number of anilines is 1. The highest BCUT2D eigenvalue weighted by atomic mass is 19.1. The van der Waals surface area contributed by atoms with Crippen molar-refractivity contribution in [3.05, 3.63) is 65.9 Å². The second kappa shape index (κ2) is 11.0. The van der Waals surface area contributed by atoms with E-state index in [9.17, 15) is 13.6 Å². The van der Waals surface area contributed by atoms with E-state index < -0.39 is 17.0 Å². The number of benzene rings is 1. The van der Waals surface area contributed by atoms with E-state index in [1.807, 2.05) is 12.1 Å². The summed E-state index contributed by atoms with van der Waals surface area (Å²) in [6.07, 6.45) is 8.35. The van der Waals surface area contributed by atoms with Crippen molar-refractivity contribution in [3.63, 3.8) is 0 Å². The summed E-state index contributed by atoms with van der Waals surface area (Å²) in [5.41, 5.74) is 2.08. The normalized spacial score (nSPS) is 23.4. The zero-order chi connectivity index (χ0) is 26.7. The van der Waals surface area contributed by atoms with Gasteiger partial charge in [-0.3, -0.25) is 9.78 Å². The van der Waals surface area contributed by atoms with Crippen LogP contribution in [0, 0.1) is 23.0 Å². The molecule has 1 saturated heterocycles. The molecule has 200 valence electrons. The number of carbonyl (C=O) groups excluding carboxylic acids is 1. The molecule has 38 heavy (non-hydrogen) atoms. The van der Waals surface area contributed by atoms with Gasteiger partial charge in [0, 0.05) is 43.5 Å². The first kappa shape index (κ1) is 26.0. The number of ether oxygens (including phenoxy) is 2. The molecule has 3 heterocycles. The summed E-state index contributed by atoms with van der Waals surface area (Å²) in [6, 6.07) is 9.27. The Morgan fingerprint density at radius 1 is 1.21 bits per heavy atom. The number of methoxy groups -OCH3 is 2. The van der Waals surface area contributed by atoms with Crippen molar-refractivity contribution in [1.29, 1.82) is 0 Å². The maximum atomic E-state index is 13.9. The van der Waals surface area contributed by atoms with Crippen LogP contribution in [-0.4, -0.2) is 55.8 Å². The molecule has 0 amide bonds. The molecule has 5 rings (SSSR count). The minimum Gasteiger partial charge on any atom is -0.481 e. The van der Waals surface area contributed by atoms with Gasteiger partial charge in [0.15, 0.2) is 0 Å². The second-order valence-electron chi connectivity index (χ2n) is 10.1. The lowest BCUT2D eigenvalue weighted by Crippen LogP contribution is -2.58. The van der Waals surface area contributed by atoms with Gasteiger partial charge in [0.25, 0.3) is 0 Å². The maximum Gasteiger partial charge on any atom is 0.313 e. The molecule has 7 nitrogen and oxygen atoms in total. The zero-order valence-corrected chi connectivity index (χ0v) is 21.6. The van der Waals surface area contributed by atoms with E-state index in [1.54, 1.807) is 31.5 Å². The summed E-state index contributed by atoms with van der Waals surface area (Å²) in [5, 5.41) is 3.51. The molecule has 2 fully saturated rings. The minimum absolute atomic E-state index is 0.165. The van der Waals surface area contributed by atoms with Gasteiger partial charge < -0.3 is 19.7 Å². The van der Waals surface area contributed by atoms with Crippen LogP contribution in [0.2, 0.25) is 0 Å². The number of piperidine rings is 1. The Morgan fingerprint density at radius 3 is 2.89 bits per heavy atom. The van der Waals surface area contributed by atoms with Gasteiger partial charge >= 0.3 is 5.97 Å². The number of halogens is 2. The molecule has 1 aliphatic heterocycles. The van der Waals surface area contributed by atoms with Crippen molar-refractivity contribution in [2.24, 2.45) is 11.3 Å². The third-order valence-corrected chi connectivity index (χ3v) is 7.97. The molecule has 3 atom stereocenters. The predicted octanol–water partition coefficient (Wildman–Crippen LogP) is 4.76. The van der Waals surface area contributed by atoms with Crippen molar-refractivity contribution in [1.82, 2.24) is 15.3 Å². The van der Waals surface area contributed by atoms with Gasteiger partial charge in [0.05, 0.1) is 30.8 Å². The maximum absolute atomic E-state index is 13.9. The molecule has 9 heteroatoms. The lowest BCUT2D eigenvalue weighted by atomic mass is 9.61. The number of hydrogen-bond acceptors (Lipinski definition) is 7. The predicted molar refractivity (Wildman–Crippen MR) is 142 cm³/mol. The number of nitrogens with one attached hydrogen (secondary N) is 1. The van der Waals surface area contributed by atoms with Gasteiger partial charge in [0.1, 0.15) is 17.2 Å². The largest absolute Gasteiger partial charge is 0.481 e. The molecule has 1 aromatic carbocycles. The minimum atomic E-state index is -0.611. The topological polar surface area (TPSA) is 76.6 Å². The number of esters is 1. The smallest absolute Gasteiger partial charge is 0.313 e. The Kier molecular flexibility index (Phi) is 7.56. The molecular weight excluding hydrogens is 490 g/mol. The number of pyridine rings is 2.